The molecule has 0 saturated carbocycles. The largest absolute Gasteiger partial charge is 0.366 e. The molecule has 0 bridgehead atoms. The number of nitrogens with zero attached hydrogens (tertiary/aromatic N) is 2. The number of aryl methyl sites for hydroxylation is 1. The maximum atomic E-state index is 11.8. The quantitative estimate of drug-likeness (QED) is 0.386. The van der Waals surface area contributed by atoms with Crippen molar-refractivity contribution in [3.8, 4) is 0 Å². The first-order valence-corrected chi connectivity index (χ1v) is 5.26. The summed E-state index contributed by atoms with van der Waals surface area (Å²) in [5.41, 5.74) is 2.94. The predicted molar refractivity (Wildman–Crippen MR) is 70.5 cm³/mol. The zero-order valence-corrected chi connectivity index (χ0v) is 10.5. The minimum absolute atomic E-state index is 0.186. The molecule has 0 fully saturated rings. The topological polar surface area (TPSA) is 32.7 Å². The summed E-state index contributed by atoms with van der Waals surface area (Å²) < 4.78 is 0. The summed E-state index contributed by atoms with van der Waals surface area (Å²) in [6.45, 7) is 3.84. The molecule has 0 aliphatic carbocycles. The number of hydrogen-bond acceptors (Lipinski definition) is 1. The van der Waals surface area contributed by atoms with Gasteiger partial charge in [-0.2, -0.15) is 4.99 Å². The third-order valence-electron chi connectivity index (χ3n) is 2.66. The molecule has 16 heavy (non-hydrogen) atoms. The molecule has 0 unspecified atom stereocenters. The third-order valence-corrected chi connectivity index (χ3v) is 2.66. The first-order valence-electron chi connectivity index (χ1n) is 5.26. The van der Waals surface area contributed by atoms with E-state index in [9.17, 15) is 4.79 Å². The molecule has 0 heterocycles. The van der Waals surface area contributed by atoms with Crippen molar-refractivity contribution in [3.63, 3.8) is 0 Å². The molecular formula is C12H17BN2O. The van der Waals surface area contributed by atoms with Crippen LogP contribution in [0.15, 0.2) is 23.2 Å². The minimum Gasteiger partial charge on any atom is -0.366 e. The summed E-state index contributed by atoms with van der Waals surface area (Å²) in [6.07, 6.45) is 0. The number of aliphatic imine (C=N–C) groups is 1. The molecule has 1 aromatic carbocycles. The average molecular weight is 216 g/mol. The van der Waals surface area contributed by atoms with Crippen LogP contribution in [-0.4, -0.2) is 38.6 Å². The molecule has 3 nitrogen and oxygen atoms in total. The van der Waals surface area contributed by atoms with E-state index in [4.69, 9.17) is 0 Å². The molecule has 4 heteroatoms. The maximum Gasteiger partial charge on any atom is 0.278 e. The molecule has 84 valence electrons. The van der Waals surface area contributed by atoms with Crippen LogP contribution in [0.2, 0.25) is 0 Å². The number of carbonyl (C=O) groups excluding carboxylic acids is 1. The SMILES string of the molecule is Bc1cc(C(=O)/N=C(\C)N(C)C)ccc1C. The number of carbonyl (C=O) groups is 1. The van der Waals surface area contributed by atoms with Gasteiger partial charge in [-0.25, -0.2) is 0 Å². The summed E-state index contributed by atoms with van der Waals surface area (Å²) >= 11 is 0. The lowest BCUT2D eigenvalue weighted by Gasteiger charge is -2.10. The summed E-state index contributed by atoms with van der Waals surface area (Å²) in [7, 11) is 5.73. The first-order chi connectivity index (χ1) is 7.41. The van der Waals surface area contributed by atoms with Crippen molar-refractivity contribution >= 4 is 25.1 Å². The van der Waals surface area contributed by atoms with Crippen LogP contribution in [0.25, 0.3) is 0 Å². The Balaban J connectivity index is 2.98. The fourth-order valence-corrected chi connectivity index (χ4v) is 1.19. The van der Waals surface area contributed by atoms with Crippen molar-refractivity contribution in [3.05, 3.63) is 29.3 Å². The van der Waals surface area contributed by atoms with Crippen LogP contribution in [0.5, 0.6) is 0 Å². The molecule has 0 saturated heterocycles. The van der Waals surface area contributed by atoms with Gasteiger partial charge in [0.05, 0.1) is 0 Å². The second kappa shape index (κ2) is 4.97. The Kier molecular flexibility index (Phi) is 3.88. The van der Waals surface area contributed by atoms with Crippen LogP contribution in [0.1, 0.15) is 22.8 Å². The van der Waals surface area contributed by atoms with Crippen LogP contribution in [0, 0.1) is 6.92 Å². The highest BCUT2D eigenvalue weighted by atomic mass is 16.1. The van der Waals surface area contributed by atoms with E-state index in [0.29, 0.717) is 11.4 Å². The van der Waals surface area contributed by atoms with E-state index in [2.05, 4.69) is 4.99 Å². The molecule has 0 atom stereocenters. The molecule has 1 aromatic rings. The third kappa shape index (κ3) is 2.96. The van der Waals surface area contributed by atoms with Crippen molar-refractivity contribution in [1.82, 2.24) is 4.90 Å². The standard InChI is InChI=1S/C12H17BN2O/c1-8-5-6-10(7-11(8)13)12(16)14-9(2)15(3)4/h5-7H,13H2,1-4H3/b14-9+. The van der Waals surface area contributed by atoms with Gasteiger partial charge in [-0.3, -0.25) is 4.79 Å². The molecule has 0 spiro atoms. The summed E-state index contributed by atoms with van der Waals surface area (Å²) in [5.74, 6) is 0.525. The monoisotopic (exact) mass is 216 g/mol. The minimum atomic E-state index is -0.186. The van der Waals surface area contributed by atoms with E-state index in [-0.39, 0.29) is 5.91 Å². The second-order valence-corrected chi connectivity index (χ2v) is 4.16. The van der Waals surface area contributed by atoms with Crippen LogP contribution in [-0.2, 0) is 0 Å². The smallest absolute Gasteiger partial charge is 0.278 e. The van der Waals surface area contributed by atoms with Crippen molar-refractivity contribution in [2.45, 2.75) is 13.8 Å². The molecular weight excluding hydrogens is 199 g/mol. The van der Waals surface area contributed by atoms with Crippen molar-refractivity contribution < 1.29 is 4.79 Å². The van der Waals surface area contributed by atoms with E-state index < -0.39 is 0 Å². The Labute approximate surface area is 97.6 Å². The van der Waals surface area contributed by atoms with E-state index in [1.54, 1.807) is 0 Å². The van der Waals surface area contributed by atoms with Gasteiger partial charge >= 0.3 is 0 Å². The average Bonchev–Trinajstić information content (AvgIpc) is 2.21. The van der Waals surface area contributed by atoms with Crippen LogP contribution in [0.3, 0.4) is 0 Å². The van der Waals surface area contributed by atoms with E-state index in [1.807, 2.05) is 58.9 Å². The van der Waals surface area contributed by atoms with Gasteiger partial charge in [0.2, 0.25) is 0 Å². The second-order valence-electron chi connectivity index (χ2n) is 4.16. The Morgan fingerprint density at radius 3 is 2.50 bits per heavy atom. The van der Waals surface area contributed by atoms with Crippen molar-refractivity contribution in [2.24, 2.45) is 4.99 Å². The van der Waals surface area contributed by atoms with E-state index in [1.165, 1.54) is 5.56 Å². The molecule has 0 aliphatic heterocycles. The number of hydrogen-bond donors (Lipinski definition) is 0. The molecule has 0 N–H and O–H groups in total. The maximum absolute atomic E-state index is 11.8. The molecule has 1 amide bonds. The van der Waals surface area contributed by atoms with E-state index in [0.717, 1.165) is 5.46 Å². The lowest BCUT2D eigenvalue weighted by atomic mass is 9.89. The number of amidine groups is 1. The van der Waals surface area contributed by atoms with E-state index >= 15 is 0 Å². The van der Waals surface area contributed by atoms with Gasteiger partial charge in [0, 0.05) is 19.7 Å². The van der Waals surface area contributed by atoms with Gasteiger partial charge in [0.15, 0.2) is 0 Å². The normalized spacial score (nSPS) is 11.4. The predicted octanol–water partition coefficient (Wildman–Crippen LogP) is 0.374. The lowest BCUT2D eigenvalue weighted by molar-refractivity contribution is 0.100. The van der Waals surface area contributed by atoms with Crippen LogP contribution in [0.4, 0.5) is 0 Å². The van der Waals surface area contributed by atoms with Gasteiger partial charge in [-0.1, -0.05) is 23.2 Å². The fraction of sp³-hybridized carbons (Fsp3) is 0.333. The molecule has 0 radical (unpaired) electrons. The molecule has 0 aliphatic rings. The zero-order chi connectivity index (χ0) is 12.3. The fourth-order valence-electron chi connectivity index (χ4n) is 1.19. The summed E-state index contributed by atoms with van der Waals surface area (Å²) in [4.78, 5) is 17.6. The number of amides is 1. The van der Waals surface area contributed by atoms with Crippen LogP contribution < -0.4 is 5.46 Å². The van der Waals surface area contributed by atoms with Crippen molar-refractivity contribution in [2.75, 3.05) is 14.1 Å². The van der Waals surface area contributed by atoms with Gasteiger partial charge in [0.1, 0.15) is 13.7 Å². The van der Waals surface area contributed by atoms with Crippen molar-refractivity contribution in [1.29, 1.82) is 0 Å². The zero-order valence-electron chi connectivity index (χ0n) is 10.5. The first kappa shape index (κ1) is 12.5. The lowest BCUT2D eigenvalue weighted by Crippen LogP contribution is -2.20. The number of benzene rings is 1. The van der Waals surface area contributed by atoms with Gasteiger partial charge in [-0.15, -0.1) is 0 Å². The van der Waals surface area contributed by atoms with Gasteiger partial charge < -0.3 is 4.90 Å². The van der Waals surface area contributed by atoms with Gasteiger partial charge in [0.25, 0.3) is 5.91 Å². The highest BCUT2D eigenvalue weighted by molar-refractivity contribution is 6.33. The van der Waals surface area contributed by atoms with Crippen LogP contribution >= 0.6 is 0 Å². The van der Waals surface area contributed by atoms with Gasteiger partial charge in [-0.05, 0) is 19.9 Å². The Hall–Kier alpha value is -1.58. The molecule has 0 aromatic heterocycles. The summed E-state index contributed by atoms with van der Waals surface area (Å²) in [6, 6.07) is 5.64. The summed E-state index contributed by atoms with van der Waals surface area (Å²) in [5, 5.41) is 0. The Morgan fingerprint density at radius 2 is 2.00 bits per heavy atom. The highest BCUT2D eigenvalue weighted by Crippen LogP contribution is 2.03. The highest BCUT2D eigenvalue weighted by Gasteiger charge is 2.06. The Morgan fingerprint density at radius 1 is 1.38 bits per heavy atom. The molecule has 1 rings (SSSR count). The Bertz CT molecular complexity index is 439. The number of rotatable bonds is 1.